The zero-order valence-corrected chi connectivity index (χ0v) is 15.2. The number of halogens is 3. The molecule has 0 spiro atoms. The number of aryl methyl sites for hydroxylation is 1. The van der Waals surface area contributed by atoms with Crippen molar-refractivity contribution in [1.29, 1.82) is 0 Å². The first-order valence-corrected chi connectivity index (χ1v) is 8.74. The van der Waals surface area contributed by atoms with E-state index in [0.717, 1.165) is 29.2 Å². The Morgan fingerprint density at radius 1 is 1.00 bits per heavy atom. The first-order valence-electron chi connectivity index (χ1n) is 7.92. The minimum absolute atomic E-state index is 0.126. The number of benzene rings is 1. The summed E-state index contributed by atoms with van der Waals surface area (Å²) >= 11 is 1.16. The van der Waals surface area contributed by atoms with E-state index in [1.54, 1.807) is 6.92 Å². The fraction of sp³-hybridized carbons (Fsp3) is 0.111. The van der Waals surface area contributed by atoms with E-state index in [0.29, 0.717) is 21.6 Å². The smallest absolute Gasteiger partial charge is 0.267 e. The number of aromatic nitrogens is 2. The van der Waals surface area contributed by atoms with Gasteiger partial charge in [-0.25, -0.2) is 4.98 Å². The Morgan fingerprint density at radius 2 is 1.68 bits per heavy atom. The molecular weight excluding hydrogens is 393 g/mol. The molecule has 0 saturated heterocycles. The van der Waals surface area contributed by atoms with Crippen molar-refractivity contribution in [1.82, 2.24) is 20.8 Å². The van der Waals surface area contributed by atoms with Gasteiger partial charge in [0.25, 0.3) is 11.8 Å². The molecule has 0 radical (unpaired) electrons. The highest BCUT2D eigenvalue weighted by atomic mass is 32.1. The van der Waals surface area contributed by atoms with Crippen molar-refractivity contribution in [3.63, 3.8) is 0 Å². The topological polar surface area (TPSA) is 84.0 Å². The molecule has 2 amide bonds. The Kier molecular flexibility index (Phi) is 5.41. The summed E-state index contributed by atoms with van der Waals surface area (Å²) in [4.78, 5) is 32.2. The second-order valence-corrected chi connectivity index (χ2v) is 6.64. The van der Waals surface area contributed by atoms with E-state index >= 15 is 0 Å². The van der Waals surface area contributed by atoms with Crippen LogP contribution in [0.5, 0.6) is 0 Å². The summed E-state index contributed by atoms with van der Waals surface area (Å²) in [6, 6.07) is 11.0. The molecule has 2 aromatic heterocycles. The fourth-order valence-corrected chi connectivity index (χ4v) is 3.22. The number of carbonyl (C=O) groups is 2. The summed E-state index contributed by atoms with van der Waals surface area (Å²) in [5.74, 6) is -1.37. The van der Waals surface area contributed by atoms with Crippen molar-refractivity contribution >= 4 is 23.2 Å². The van der Waals surface area contributed by atoms with Gasteiger partial charge in [-0.1, -0.05) is 30.3 Å². The Balaban J connectivity index is 1.66. The number of thiazole rings is 1. The summed E-state index contributed by atoms with van der Waals surface area (Å²) in [7, 11) is 0. The highest BCUT2D eigenvalue weighted by molar-refractivity contribution is 7.17. The van der Waals surface area contributed by atoms with Crippen LogP contribution in [0.1, 0.15) is 31.4 Å². The third kappa shape index (κ3) is 4.34. The van der Waals surface area contributed by atoms with Gasteiger partial charge in [0.15, 0.2) is 0 Å². The van der Waals surface area contributed by atoms with Crippen molar-refractivity contribution in [2.75, 3.05) is 0 Å². The molecule has 0 bridgehead atoms. The lowest BCUT2D eigenvalue weighted by Crippen LogP contribution is -2.41. The third-order valence-corrected chi connectivity index (χ3v) is 4.83. The lowest BCUT2D eigenvalue weighted by Gasteiger charge is -2.08. The fourth-order valence-electron chi connectivity index (χ4n) is 2.25. The molecule has 28 heavy (non-hydrogen) atoms. The van der Waals surface area contributed by atoms with Crippen LogP contribution in [0.3, 0.4) is 0 Å². The summed E-state index contributed by atoms with van der Waals surface area (Å²) in [6.45, 7) is 1.67. The highest BCUT2D eigenvalue weighted by Crippen LogP contribution is 2.28. The van der Waals surface area contributed by atoms with Crippen LogP contribution in [-0.2, 0) is 6.18 Å². The predicted octanol–water partition coefficient (Wildman–Crippen LogP) is 3.61. The van der Waals surface area contributed by atoms with Crippen molar-refractivity contribution in [2.24, 2.45) is 0 Å². The number of amides is 2. The highest BCUT2D eigenvalue weighted by Gasteiger charge is 2.32. The van der Waals surface area contributed by atoms with Crippen LogP contribution in [-0.4, -0.2) is 21.8 Å². The van der Waals surface area contributed by atoms with Crippen LogP contribution in [0.25, 0.3) is 10.6 Å². The second-order valence-electron chi connectivity index (χ2n) is 5.64. The van der Waals surface area contributed by atoms with Crippen LogP contribution in [0.2, 0.25) is 0 Å². The van der Waals surface area contributed by atoms with Crippen molar-refractivity contribution in [3.05, 3.63) is 70.5 Å². The van der Waals surface area contributed by atoms with Crippen molar-refractivity contribution < 1.29 is 22.8 Å². The number of hydrogen-bond donors (Lipinski definition) is 2. The molecule has 2 heterocycles. The number of carbonyl (C=O) groups excluding carboxylic acids is 2. The summed E-state index contributed by atoms with van der Waals surface area (Å²) in [5.41, 5.74) is 4.49. The molecule has 0 atom stereocenters. The van der Waals surface area contributed by atoms with Gasteiger partial charge in [0, 0.05) is 11.8 Å². The van der Waals surface area contributed by atoms with E-state index in [2.05, 4.69) is 20.8 Å². The molecule has 1 aromatic carbocycles. The van der Waals surface area contributed by atoms with E-state index in [9.17, 15) is 22.8 Å². The van der Waals surface area contributed by atoms with Crippen LogP contribution >= 0.6 is 11.3 Å². The minimum Gasteiger partial charge on any atom is -0.267 e. The molecule has 0 aliphatic rings. The van der Waals surface area contributed by atoms with Gasteiger partial charge in [-0.15, -0.1) is 11.3 Å². The van der Waals surface area contributed by atoms with E-state index in [1.165, 1.54) is 0 Å². The third-order valence-electron chi connectivity index (χ3n) is 3.63. The first kappa shape index (κ1) is 19.5. The average Bonchev–Trinajstić information content (AvgIpc) is 3.08. The van der Waals surface area contributed by atoms with Crippen LogP contribution in [0.4, 0.5) is 13.2 Å². The Bertz CT molecular complexity index is 1000. The SMILES string of the molecule is Cc1nc(-c2ccccc2)sc1C(=O)NNC(=O)c1ccc(C(F)(F)F)nc1. The molecule has 0 fully saturated rings. The monoisotopic (exact) mass is 406 g/mol. The molecule has 6 nitrogen and oxygen atoms in total. The number of pyridine rings is 1. The van der Waals surface area contributed by atoms with E-state index in [4.69, 9.17) is 0 Å². The summed E-state index contributed by atoms with van der Waals surface area (Å²) in [5, 5.41) is 0.654. The Labute approximate surface area is 161 Å². The molecule has 0 aliphatic carbocycles. The normalized spacial score (nSPS) is 11.1. The van der Waals surface area contributed by atoms with Gasteiger partial charge in [-0.2, -0.15) is 13.2 Å². The minimum atomic E-state index is -4.59. The molecular formula is C18H13F3N4O2S. The van der Waals surface area contributed by atoms with Gasteiger partial charge >= 0.3 is 6.18 Å². The average molecular weight is 406 g/mol. The molecule has 144 valence electrons. The van der Waals surface area contributed by atoms with E-state index in [1.807, 2.05) is 30.3 Å². The predicted molar refractivity (Wildman–Crippen MR) is 96.5 cm³/mol. The van der Waals surface area contributed by atoms with Crippen molar-refractivity contribution in [2.45, 2.75) is 13.1 Å². The van der Waals surface area contributed by atoms with Crippen LogP contribution in [0, 0.1) is 6.92 Å². The molecule has 0 unspecified atom stereocenters. The zero-order chi connectivity index (χ0) is 20.3. The van der Waals surface area contributed by atoms with Gasteiger partial charge in [0.2, 0.25) is 0 Å². The van der Waals surface area contributed by atoms with Crippen LogP contribution in [0.15, 0.2) is 48.7 Å². The molecule has 3 aromatic rings. The zero-order valence-electron chi connectivity index (χ0n) is 14.4. The summed E-state index contributed by atoms with van der Waals surface area (Å²) in [6.07, 6.45) is -3.81. The largest absolute Gasteiger partial charge is 0.433 e. The maximum atomic E-state index is 12.5. The van der Waals surface area contributed by atoms with Crippen molar-refractivity contribution in [3.8, 4) is 10.6 Å². The van der Waals surface area contributed by atoms with Gasteiger partial charge in [-0.05, 0) is 19.1 Å². The van der Waals surface area contributed by atoms with E-state index < -0.39 is 23.7 Å². The molecule has 0 saturated carbocycles. The lowest BCUT2D eigenvalue weighted by molar-refractivity contribution is -0.141. The molecule has 3 rings (SSSR count). The van der Waals surface area contributed by atoms with Gasteiger partial charge in [-0.3, -0.25) is 25.4 Å². The lowest BCUT2D eigenvalue weighted by atomic mass is 10.2. The molecule has 2 N–H and O–H groups in total. The Hall–Kier alpha value is -3.27. The number of hydrazine groups is 1. The number of alkyl halides is 3. The van der Waals surface area contributed by atoms with Gasteiger partial charge in [0.05, 0.1) is 11.3 Å². The molecule has 0 aliphatic heterocycles. The van der Waals surface area contributed by atoms with Gasteiger partial charge in [0.1, 0.15) is 15.6 Å². The standard InChI is InChI=1S/C18H13F3N4O2S/c1-10-14(28-17(23-10)11-5-3-2-4-6-11)16(27)25-24-15(26)12-7-8-13(22-9-12)18(19,20)21/h2-9H,1H3,(H,24,26)(H,25,27). The first-order chi connectivity index (χ1) is 13.3. The van der Waals surface area contributed by atoms with Gasteiger partial charge < -0.3 is 0 Å². The second kappa shape index (κ2) is 7.77. The maximum absolute atomic E-state index is 12.5. The van der Waals surface area contributed by atoms with Crippen LogP contribution < -0.4 is 10.9 Å². The number of nitrogens with zero attached hydrogens (tertiary/aromatic N) is 2. The number of hydrogen-bond acceptors (Lipinski definition) is 5. The number of rotatable bonds is 3. The molecule has 10 heteroatoms. The Morgan fingerprint density at radius 3 is 2.29 bits per heavy atom. The summed E-state index contributed by atoms with van der Waals surface area (Å²) < 4.78 is 37.5. The number of nitrogens with one attached hydrogen (secondary N) is 2. The van der Waals surface area contributed by atoms with E-state index in [-0.39, 0.29) is 5.56 Å². The maximum Gasteiger partial charge on any atom is 0.433 e. The quantitative estimate of drug-likeness (QED) is 0.651.